The third kappa shape index (κ3) is 22.7. The smallest absolute Gasteiger partial charge is 0.467 e. The van der Waals surface area contributed by atoms with Crippen molar-refractivity contribution in [2.75, 3.05) is 39.4 Å². The summed E-state index contributed by atoms with van der Waals surface area (Å²) in [5.74, 6) is 0.151. The van der Waals surface area contributed by atoms with Crippen LogP contribution in [-0.2, 0) is 54.9 Å². The van der Waals surface area contributed by atoms with Crippen LogP contribution in [0.25, 0.3) is 0 Å². The van der Waals surface area contributed by atoms with Crippen LogP contribution < -0.4 is 4.74 Å². The second-order valence-electron chi connectivity index (χ2n) is 16.5. The highest BCUT2D eigenvalue weighted by Crippen LogP contribution is 2.55. The van der Waals surface area contributed by atoms with E-state index < -0.39 is 60.3 Å². The Kier molecular flexibility index (Phi) is 19.8. The molecule has 0 aromatic heterocycles. The predicted molar refractivity (Wildman–Crippen MR) is 213 cm³/mol. The molecule has 0 fully saturated rings. The van der Waals surface area contributed by atoms with Crippen molar-refractivity contribution >= 4 is 24.0 Å². The zero-order chi connectivity index (χ0) is 41.3. The van der Waals surface area contributed by atoms with Crippen molar-refractivity contribution in [3.63, 3.8) is 0 Å². The van der Waals surface area contributed by atoms with Gasteiger partial charge < -0.3 is 24.2 Å². The molecule has 13 nitrogen and oxygen atoms in total. The molecule has 0 heterocycles. The van der Waals surface area contributed by atoms with Crippen LogP contribution in [0.3, 0.4) is 0 Å². The zero-order valence-electron chi connectivity index (χ0n) is 34.6. The van der Waals surface area contributed by atoms with Crippen LogP contribution in [0.5, 0.6) is 5.75 Å². The summed E-state index contributed by atoms with van der Waals surface area (Å²) < 4.78 is 76.3. The highest BCUT2D eigenvalue weighted by Gasteiger charge is 2.37. The number of aryl methyl sites for hydroxylation is 1. The Hall–Kier alpha value is -2.55. The monoisotopic (exact) mass is 815 g/mol. The standard InChI is InChI=1S/C40H66NO12PS/c1-38(2,3)51-37(43)41(25-17-11-12-18-26-47-27-19-16-22-32-20-14-13-15-21-32)29-35(42)33-23-24-36(34(28-33)30-50-55(10,45)46)48-31-49-54(44,52-39(4,5)6)53-40(7,8)9/h13-15,20-21,23-24,28,35,42H,11-12,16-19,22,25-27,29-31H2,1-10H3. The van der Waals surface area contributed by atoms with Gasteiger partial charge >= 0.3 is 13.9 Å². The first kappa shape index (κ1) is 48.6. The molecular weight excluding hydrogens is 749 g/mol. The first-order chi connectivity index (χ1) is 25.4. The van der Waals surface area contributed by atoms with Crippen molar-refractivity contribution in [3.8, 4) is 5.75 Å². The number of carbonyl (C=O) groups is 1. The summed E-state index contributed by atoms with van der Waals surface area (Å²) in [7, 11) is -7.95. The zero-order valence-corrected chi connectivity index (χ0v) is 36.3. The van der Waals surface area contributed by atoms with Crippen molar-refractivity contribution < 1.29 is 54.8 Å². The van der Waals surface area contributed by atoms with Gasteiger partial charge in [0.05, 0.1) is 36.7 Å². The summed E-state index contributed by atoms with van der Waals surface area (Å²) >= 11 is 0. The summed E-state index contributed by atoms with van der Waals surface area (Å²) in [5, 5.41) is 11.3. The molecule has 0 radical (unpaired) electrons. The maximum Gasteiger partial charge on any atom is 0.478 e. The van der Waals surface area contributed by atoms with Gasteiger partial charge in [0, 0.05) is 25.3 Å². The van der Waals surface area contributed by atoms with Gasteiger partial charge in [-0.05, 0) is 118 Å². The van der Waals surface area contributed by atoms with Gasteiger partial charge in [0.25, 0.3) is 10.1 Å². The molecule has 0 aliphatic carbocycles. The molecule has 1 atom stereocenters. The van der Waals surface area contributed by atoms with E-state index in [1.54, 1.807) is 68.4 Å². The molecule has 2 aromatic rings. The van der Waals surface area contributed by atoms with Gasteiger partial charge in [0.2, 0.25) is 0 Å². The molecule has 15 heteroatoms. The van der Waals surface area contributed by atoms with Crippen LogP contribution in [0.15, 0.2) is 48.5 Å². The highest BCUT2D eigenvalue weighted by atomic mass is 32.2. The summed E-state index contributed by atoms with van der Waals surface area (Å²) in [5.41, 5.74) is -0.483. The maximum absolute atomic E-state index is 13.5. The van der Waals surface area contributed by atoms with Crippen LogP contribution in [0, 0.1) is 0 Å². The van der Waals surface area contributed by atoms with Gasteiger partial charge in [-0.3, -0.25) is 13.2 Å². The Morgan fingerprint density at radius 2 is 1.42 bits per heavy atom. The summed E-state index contributed by atoms with van der Waals surface area (Å²) in [6, 6.07) is 15.0. The van der Waals surface area contributed by atoms with Crippen molar-refractivity contribution in [1.82, 2.24) is 4.90 Å². The number of ether oxygens (including phenoxy) is 3. The number of unbranched alkanes of at least 4 members (excludes halogenated alkanes) is 4. The molecule has 1 unspecified atom stereocenters. The van der Waals surface area contributed by atoms with Crippen LogP contribution >= 0.6 is 7.82 Å². The molecule has 0 saturated carbocycles. The summed E-state index contributed by atoms with van der Waals surface area (Å²) in [6.45, 7) is 16.3. The molecule has 0 bridgehead atoms. The number of nitrogens with zero attached hydrogens (tertiary/aromatic N) is 1. The van der Waals surface area contributed by atoms with Crippen molar-refractivity contribution in [3.05, 3.63) is 65.2 Å². The molecule has 2 aromatic carbocycles. The average molecular weight is 816 g/mol. The molecule has 1 amide bonds. The molecule has 2 rings (SSSR count). The van der Waals surface area contributed by atoms with Gasteiger partial charge in [-0.2, -0.15) is 8.42 Å². The summed E-state index contributed by atoms with van der Waals surface area (Å²) in [6.07, 6.45) is 5.76. The third-order valence-electron chi connectivity index (χ3n) is 7.45. The maximum atomic E-state index is 13.5. The number of amides is 1. The van der Waals surface area contributed by atoms with Crippen LogP contribution in [0.1, 0.15) is 124 Å². The van der Waals surface area contributed by atoms with Gasteiger partial charge in [-0.1, -0.05) is 49.2 Å². The molecule has 55 heavy (non-hydrogen) atoms. The second-order valence-corrected chi connectivity index (χ2v) is 19.7. The Balaban J connectivity index is 2.03. The third-order valence-corrected chi connectivity index (χ3v) is 9.96. The van der Waals surface area contributed by atoms with Gasteiger partial charge in [0.15, 0.2) is 6.79 Å². The Bertz CT molecular complexity index is 1560. The van der Waals surface area contributed by atoms with Crippen molar-refractivity contribution in [2.45, 2.75) is 137 Å². The number of hydrogen-bond acceptors (Lipinski definition) is 12. The largest absolute Gasteiger partial charge is 0.478 e. The fourth-order valence-electron chi connectivity index (χ4n) is 5.17. The lowest BCUT2D eigenvalue weighted by atomic mass is 10.0. The number of benzene rings is 2. The number of phosphoric acid groups is 1. The topological polar surface area (TPSA) is 156 Å². The second kappa shape index (κ2) is 22.4. The molecule has 0 aliphatic rings. The van der Waals surface area contributed by atoms with E-state index in [-0.39, 0.29) is 17.9 Å². The Morgan fingerprint density at radius 3 is 2.00 bits per heavy atom. The van der Waals surface area contributed by atoms with Crippen molar-refractivity contribution in [2.24, 2.45) is 0 Å². The Labute approximate surface area is 330 Å². The fraction of sp³-hybridized carbons (Fsp3) is 0.675. The van der Waals surface area contributed by atoms with E-state index in [0.717, 1.165) is 51.4 Å². The van der Waals surface area contributed by atoms with E-state index >= 15 is 0 Å². The average Bonchev–Trinajstić information content (AvgIpc) is 3.03. The van der Waals surface area contributed by atoms with E-state index in [1.165, 1.54) is 22.6 Å². The van der Waals surface area contributed by atoms with E-state index in [1.807, 2.05) is 6.07 Å². The lowest BCUT2D eigenvalue weighted by Gasteiger charge is -2.30. The van der Waals surface area contributed by atoms with Crippen molar-refractivity contribution in [1.29, 1.82) is 0 Å². The lowest BCUT2D eigenvalue weighted by molar-refractivity contribution is -0.0192. The molecule has 1 N–H and O–H groups in total. The molecule has 0 aliphatic heterocycles. The predicted octanol–water partition coefficient (Wildman–Crippen LogP) is 9.12. The quantitative estimate of drug-likeness (QED) is 0.0465. The normalized spacial score (nSPS) is 13.4. The molecule has 0 spiro atoms. The minimum atomic E-state index is -4.10. The molecular formula is C40H66NO12PS. The van der Waals surface area contributed by atoms with Crippen LogP contribution in [0.4, 0.5) is 4.79 Å². The first-order valence-corrected chi connectivity index (χ1v) is 22.3. The Morgan fingerprint density at radius 1 is 0.818 bits per heavy atom. The number of rotatable bonds is 24. The van der Waals surface area contributed by atoms with E-state index in [2.05, 4.69) is 24.3 Å². The van der Waals surface area contributed by atoms with Gasteiger partial charge in [-0.15, -0.1) is 0 Å². The number of hydrogen-bond donors (Lipinski definition) is 1. The minimum absolute atomic E-state index is 0.0752. The summed E-state index contributed by atoms with van der Waals surface area (Å²) in [4.78, 5) is 14.7. The van der Waals surface area contributed by atoms with E-state index in [0.29, 0.717) is 25.1 Å². The van der Waals surface area contributed by atoms with Crippen LogP contribution in [-0.4, -0.2) is 80.7 Å². The lowest BCUT2D eigenvalue weighted by Crippen LogP contribution is -2.39. The number of aliphatic hydroxyl groups is 1. The number of carbonyl (C=O) groups excluding carboxylic acids is 1. The number of aliphatic hydroxyl groups excluding tert-OH is 1. The SMILES string of the molecule is CC(C)(C)OC(=O)N(CCCCCCOCCCCc1ccccc1)CC(O)c1ccc(OCOP(=O)(OC(C)(C)C)OC(C)(C)C)c(COS(C)(=O)=O)c1. The van der Waals surface area contributed by atoms with Gasteiger partial charge in [0.1, 0.15) is 11.4 Å². The van der Waals surface area contributed by atoms with Crippen LogP contribution in [0.2, 0.25) is 0 Å². The highest BCUT2D eigenvalue weighted by molar-refractivity contribution is 7.85. The molecule has 314 valence electrons. The fourth-order valence-corrected chi connectivity index (χ4v) is 7.17. The van der Waals surface area contributed by atoms with E-state index in [9.17, 15) is 22.9 Å². The first-order valence-electron chi connectivity index (χ1n) is 19.0. The molecule has 0 saturated heterocycles. The van der Waals surface area contributed by atoms with Gasteiger partial charge in [-0.25, -0.2) is 13.9 Å². The number of phosphoric ester groups is 1. The van der Waals surface area contributed by atoms with E-state index in [4.69, 9.17) is 32.0 Å². The minimum Gasteiger partial charge on any atom is -0.467 e.